The molecule has 3 heterocycles. The van der Waals surface area contributed by atoms with Crippen LogP contribution in [0.25, 0.3) is 5.82 Å². The van der Waals surface area contributed by atoms with Gasteiger partial charge in [0, 0.05) is 44.5 Å². The number of hydrogen-bond donors (Lipinski definition) is 1. The minimum Gasteiger partial charge on any atom is -0.480 e. The van der Waals surface area contributed by atoms with Gasteiger partial charge in [0.2, 0.25) is 5.88 Å². The first kappa shape index (κ1) is 24.7. The highest BCUT2D eigenvalue weighted by Crippen LogP contribution is 2.18. The Hall–Kier alpha value is -3.46. The summed E-state index contributed by atoms with van der Waals surface area (Å²) in [4.78, 5) is 17.8. The molecule has 186 valence electrons. The van der Waals surface area contributed by atoms with Gasteiger partial charge in [-0.15, -0.1) is 10.2 Å². The summed E-state index contributed by atoms with van der Waals surface area (Å²) in [5.41, 5.74) is 4.02. The lowest BCUT2D eigenvalue weighted by Crippen LogP contribution is -2.46. The Balaban J connectivity index is 1.20. The predicted molar refractivity (Wildman–Crippen MR) is 136 cm³/mol. The van der Waals surface area contributed by atoms with E-state index in [0.717, 1.165) is 51.3 Å². The highest BCUT2D eigenvalue weighted by atomic mass is 16.5. The number of aryl methyl sites for hydroxylation is 1. The van der Waals surface area contributed by atoms with Crippen molar-refractivity contribution in [3.8, 4) is 11.7 Å². The van der Waals surface area contributed by atoms with E-state index in [1.54, 1.807) is 30.1 Å². The van der Waals surface area contributed by atoms with Crippen LogP contribution in [0.3, 0.4) is 0 Å². The van der Waals surface area contributed by atoms with Crippen LogP contribution in [0.2, 0.25) is 0 Å². The number of hydrogen-bond acceptors (Lipinski definition) is 7. The van der Waals surface area contributed by atoms with Crippen LogP contribution in [0.15, 0.2) is 42.6 Å². The SMILES string of the molecule is CCc1c(C(=O)NCCCCN2CCN(c3cccc(C)c3)CC2)cnn1-c1ccc(OC)nn1. The van der Waals surface area contributed by atoms with Crippen molar-refractivity contribution < 1.29 is 9.53 Å². The largest absolute Gasteiger partial charge is 0.480 e. The zero-order chi connectivity index (χ0) is 24.6. The minimum absolute atomic E-state index is 0.0960. The number of ether oxygens (including phenoxy) is 1. The maximum Gasteiger partial charge on any atom is 0.254 e. The molecule has 3 aromatic rings. The lowest BCUT2D eigenvalue weighted by Gasteiger charge is -2.36. The number of anilines is 1. The third-order valence-corrected chi connectivity index (χ3v) is 6.43. The fourth-order valence-electron chi connectivity index (χ4n) is 4.45. The smallest absolute Gasteiger partial charge is 0.254 e. The van der Waals surface area contributed by atoms with Gasteiger partial charge in [0.25, 0.3) is 5.91 Å². The van der Waals surface area contributed by atoms with Gasteiger partial charge in [0.15, 0.2) is 5.82 Å². The Labute approximate surface area is 207 Å². The van der Waals surface area contributed by atoms with Crippen LogP contribution in [0.5, 0.6) is 5.88 Å². The van der Waals surface area contributed by atoms with E-state index in [-0.39, 0.29) is 5.91 Å². The molecule has 2 aromatic heterocycles. The van der Waals surface area contributed by atoms with Crippen molar-refractivity contribution in [2.45, 2.75) is 33.1 Å². The first-order valence-corrected chi connectivity index (χ1v) is 12.4. The molecule has 0 spiro atoms. The molecule has 0 atom stereocenters. The quantitative estimate of drug-likeness (QED) is 0.449. The highest BCUT2D eigenvalue weighted by molar-refractivity contribution is 5.95. The molecule has 0 aliphatic carbocycles. The number of unbranched alkanes of at least 4 members (excludes halogenated alkanes) is 1. The molecule has 9 heteroatoms. The van der Waals surface area contributed by atoms with E-state index in [0.29, 0.717) is 30.2 Å². The Morgan fingerprint density at radius 1 is 1.09 bits per heavy atom. The summed E-state index contributed by atoms with van der Waals surface area (Å²) < 4.78 is 6.73. The molecular weight excluding hydrogens is 442 g/mol. The maximum atomic E-state index is 12.8. The molecule has 0 bridgehead atoms. The normalized spacial score (nSPS) is 14.2. The number of piperazine rings is 1. The average Bonchev–Trinajstić information content (AvgIpc) is 3.33. The van der Waals surface area contributed by atoms with E-state index in [2.05, 4.69) is 61.6 Å². The van der Waals surface area contributed by atoms with Gasteiger partial charge in [-0.05, 0) is 56.5 Å². The monoisotopic (exact) mass is 477 g/mol. The van der Waals surface area contributed by atoms with E-state index in [1.165, 1.54) is 11.3 Å². The first-order chi connectivity index (χ1) is 17.1. The van der Waals surface area contributed by atoms with Crippen LogP contribution in [0, 0.1) is 6.92 Å². The summed E-state index contributed by atoms with van der Waals surface area (Å²) in [6, 6.07) is 12.2. The number of aromatic nitrogens is 4. The number of carbonyl (C=O) groups is 1. The molecule has 1 aliphatic rings. The summed E-state index contributed by atoms with van der Waals surface area (Å²) in [5.74, 6) is 0.899. The standard InChI is InChI=1S/C26H35N7O2/c1-4-23-22(19-28-33(23)24-10-11-25(35-3)30-29-24)26(34)27-12-5-6-13-31-14-16-32(17-15-31)21-9-7-8-20(2)18-21/h7-11,18-19H,4-6,12-17H2,1-3H3,(H,27,34). The molecule has 1 aromatic carbocycles. The molecular formula is C26H35N7O2. The lowest BCUT2D eigenvalue weighted by molar-refractivity contribution is 0.0951. The Bertz CT molecular complexity index is 1110. The van der Waals surface area contributed by atoms with E-state index in [4.69, 9.17) is 4.74 Å². The Kier molecular flexibility index (Phi) is 8.31. The number of benzene rings is 1. The number of carbonyl (C=O) groups excluding carboxylic acids is 1. The first-order valence-electron chi connectivity index (χ1n) is 12.4. The van der Waals surface area contributed by atoms with E-state index in [9.17, 15) is 4.79 Å². The molecule has 1 saturated heterocycles. The molecule has 9 nitrogen and oxygen atoms in total. The maximum absolute atomic E-state index is 12.8. The van der Waals surface area contributed by atoms with Crippen molar-refractivity contribution in [3.05, 3.63) is 59.4 Å². The van der Waals surface area contributed by atoms with E-state index in [1.807, 2.05) is 6.92 Å². The van der Waals surface area contributed by atoms with Crippen molar-refractivity contribution in [2.75, 3.05) is 51.3 Å². The van der Waals surface area contributed by atoms with Crippen molar-refractivity contribution in [1.82, 2.24) is 30.2 Å². The van der Waals surface area contributed by atoms with Crippen LogP contribution in [0.4, 0.5) is 5.69 Å². The number of amides is 1. The van der Waals surface area contributed by atoms with E-state index < -0.39 is 0 Å². The van der Waals surface area contributed by atoms with E-state index >= 15 is 0 Å². The molecule has 4 rings (SSSR count). The highest BCUT2D eigenvalue weighted by Gasteiger charge is 2.19. The van der Waals surface area contributed by atoms with Crippen LogP contribution in [0.1, 0.15) is 41.4 Å². The van der Waals surface area contributed by atoms with Crippen LogP contribution in [-0.4, -0.2) is 77.2 Å². The lowest BCUT2D eigenvalue weighted by atomic mass is 10.2. The Morgan fingerprint density at radius 2 is 1.91 bits per heavy atom. The van der Waals surface area contributed by atoms with Gasteiger partial charge in [-0.2, -0.15) is 5.10 Å². The summed E-state index contributed by atoms with van der Waals surface area (Å²) in [5, 5.41) is 15.6. The zero-order valence-corrected chi connectivity index (χ0v) is 20.9. The molecule has 0 radical (unpaired) electrons. The third kappa shape index (κ3) is 6.16. The van der Waals surface area contributed by atoms with Crippen molar-refractivity contribution in [2.24, 2.45) is 0 Å². The number of nitrogens with zero attached hydrogens (tertiary/aromatic N) is 6. The third-order valence-electron chi connectivity index (χ3n) is 6.43. The van der Waals surface area contributed by atoms with Crippen LogP contribution >= 0.6 is 0 Å². The van der Waals surface area contributed by atoms with Gasteiger partial charge in [-0.3, -0.25) is 9.69 Å². The van der Waals surface area contributed by atoms with Crippen molar-refractivity contribution in [1.29, 1.82) is 0 Å². The molecule has 35 heavy (non-hydrogen) atoms. The van der Waals surface area contributed by atoms with Gasteiger partial charge in [0.1, 0.15) is 0 Å². The fraction of sp³-hybridized carbons (Fsp3) is 0.462. The number of rotatable bonds is 10. The topological polar surface area (TPSA) is 88.4 Å². The van der Waals surface area contributed by atoms with Crippen LogP contribution in [-0.2, 0) is 6.42 Å². The van der Waals surface area contributed by atoms with Crippen molar-refractivity contribution in [3.63, 3.8) is 0 Å². The molecule has 0 saturated carbocycles. The molecule has 1 N–H and O–H groups in total. The average molecular weight is 478 g/mol. The number of nitrogens with one attached hydrogen (secondary N) is 1. The fourth-order valence-corrected chi connectivity index (χ4v) is 4.45. The second-order valence-electron chi connectivity index (χ2n) is 8.83. The second kappa shape index (κ2) is 11.8. The van der Waals surface area contributed by atoms with Gasteiger partial charge in [-0.1, -0.05) is 19.1 Å². The molecule has 1 amide bonds. The van der Waals surface area contributed by atoms with Gasteiger partial charge >= 0.3 is 0 Å². The summed E-state index contributed by atoms with van der Waals surface area (Å²) in [6.45, 7) is 10.1. The molecule has 1 aliphatic heterocycles. The zero-order valence-electron chi connectivity index (χ0n) is 20.9. The van der Waals surface area contributed by atoms with Crippen molar-refractivity contribution >= 4 is 11.6 Å². The van der Waals surface area contributed by atoms with Gasteiger partial charge in [0.05, 0.1) is 24.6 Å². The second-order valence-corrected chi connectivity index (χ2v) is 8.83. The number of methoxy groups -OCH3 is 1. The summed E-state index contributed by atoms with van der Waals surface area (Å²) >= 11 is 0. The van der Waals surface area contributed by atoms with Gasteiger partial charge in [-0.25, -0.2) is 4.68 Å². The molecule has 1 fully saturated rings. The molecule has 0 unspecified atom stereocenters. The van der Waals surface area contributed by atoms with Crippen LogP contribution < -0.4 is 15.0 Å². The Morgan fingerprint density at radius 3 is 2.60 bits per heavy atom. The summed E-state index contributed by atoms with van der Waals surface area (Å²) in [6.07, 6.45) is 4.27. The predicted octanol–water partition coefficient (Wildman–Crippen LogP) is 2.87. The summed E-state index contributed by atoms with van der Waals surface area (Å²) in [7, 11) is 1.55. The minimum atomic E-state index is -0.0960. The van der Waals surface area contributed by atoms with Gasteiger partial charge < -0.3 is 15.0 Å².